The lowest BCUT2D eigenvalue weighted by Gasteiger charge is -2.34. The van der Waals surface area contributed by atoms with Gasteiger partial charge in [-0.2, -0.15) is 0 Å². The second-order valence-electron chi connectivity index (χ2n) is 7.22. The molecule has 1 aliphatic heterocycles. The number of carbonyl (C=O) groups excluding carboxylic acids is 2. The Labute approximate surface area is 178 Å². The van der Waals surface area contributed by atoms with E-state index in [4.69, 9.17) is 13.9 Å². The van der Waals surface area contributed by atoms with Crippen LogP contribution < -0.4 is 15.1 Å². The van der Waals surface area contributed by atoms with Gasteiger partial charge < -0.3 is 23.7 Å². The molecule has 0 radical (unpaired) electrons. The number of fused-ring (bicyclic) bond motifs is 1. The molecule has 0 atom stereocenters. The maximum absolute atomic E-state index is 12.5. The minimum atomic E-state index is -0.453. The maximum atomic E-state index is 12.5. The molecule has 3 aromatic rings. The summed E-state index contributed by atoms with van der Waals surface area (Å²) in [6, 6.07) is 15.6. The summed E-state index contributed by atoms with van der Waals surface area (Å²) < 4.78 is 15.9. The van der Waals surface area contributed by atoms with Gasteiger partial charge in [-0.25, -0.2) is 4.79 Å². The first-order chi connectivity index (χ1) is 15.0. The zero-order valence-electron chi connectivity index (χ0n) is 17.1. The predicted octanol–water partition coefficient (Wildman–Crippen LogP) is 2.05. The number of piperazine rings is 1. The first-order valence-electron chi connectivity index (χ1n) is 9.87. The van der Waals surface area contributed by atoms with Crippen molar-refractivity contribution in [3.05, 3.63) is 70.6 Å². The van der Waals surface area contributed by atoms with Gasteiger partial charge in [-0.05, 0) is 35.9 Å². The zero-order valence-corrected chi connectivity index (χ0v) is 17.1. The highest BCUT2D eigenvalue weighted by Gasteiger charge is 2.27. The topological polar surface area (TPSA) is 89.3 Å². The summed E-state index contributed by atoms with van der Waals surface area (Å²) in [6.07, 6.45) is 0. The Morgan fingerprint density at radius 1 is 1.03 bits per heavy atom. The largest absolute Gasteiger partial charge is 0.497 e. The second kappa shape index (κ2) is 8.91. The summed E-state index contributed by atoms with van der Waals surface area (Å²) >= 11 is 0. The number of benzene rings is 2. The molecule has 0 saturated carbocycles. The number of hydrogen-bond acceptors (Lipinski definition) is 6. The van der Waals surface area contributed by atoms with E-state index >= 15 is 0 Å². The minimum Gasteiger partial charge on any atom is -0.497 e. The van der Waals surface area contributed by atoms with Crippen LogP contribution in [0.3, 0.4) is 0 Å². The Hall–Kier alpha value is -3.81. The lowest BCUT2D eigenvalue weighted by Crippen LogP contribution is -2.52. The Bertz CT molecular complexity index is 1170. The molecule has 1 aromatic heterocycles. The van der Waals surface area contributed by atoms with E-state index in [1.165, 1.54) is 11.0 Å². The van der Waals surface area contributed by atoms with E-state index < -0.39 is 5.63 Å². The van der Waals surface area contributed by atoms with Crippen LogP contribution in [-0.2, 0) is 16.1 Å². The van der Waals surface area contributed by atoms with Crippen molar-refractivity contribution < 1.29 is 23.5 Å². The lowest BCUT2D eigenvalue weighted by atomic mass is 10.2. The Kier molecular flexibility index (Phi) is 5.88. The number of hydrogen-bond donors (Lipinski definition) is 0. The van der Waals surface area contributed by atoms with E-state index in [0.717, 1.165) is 16.7 Å². The maximum Gasteiger partial charge on any atom is 0.336 e. The van der Waals surface area contributed by atoms with Crippen molar-refractivity contribution in [3.63, 3.8) is 0 Å². The molecule has 0 spiro atoms. The van der Waals surface area contributed by atoms with Gasteiger partial charge in [0.2, 0.25) is 5.91 Å². The summed E-state index contributed by atoms with van der Waals surface area (Å²) in [5.74, 6) is 0.765. The standard InChI is InChI=1S/C23H22N2O6/c1-29-18-4-2-3-16(11-18)13-24-9-10-25(14-21(24)26)22(27)15-30-19-7-5-17-6-8-23(28)31-20(17)12-19/h2-8,11-12H,9-10,13-15H2,1H3. The lowest BCUT2D eigenvalue weighted by molar-refractivity contribution is -0.146. The monoisotopic (exact) mass is 422 g/mol. The molecule has 160 valence electrons. The van der Waals surface area contributed by atoms with Crippen LogP contribution in [0.15, 0.2) is 63.8 Å². The molecule has 2 aromatic carbocycles. The summed E-state index contributed by atoms with van der Waals surface area (Å²) in [7, 11) is 1.60. The van der Waals surface area contributed by atoms with Gasteiger partial charge in [-0.15, -0.1) is 0 Å². The minimum absolute atomic E-state index is 0.0127. The van der Waals surface area contributed by atoms with Crippen LogP contribution in [0.5, 0.6) is 11.5 Å². The number of methoxy groups -OCH3 is 1. The molecule has 0 N–H and O–H groups in total. The molecule has 31 heavy (non-hydrogen) atoms. The molecule has 8 nitrogen and oxygen atoms in total. The molecule has 0 unspecified atom stereocenters. The van der Waals surface area contributed by atoms with Gasteiger partial charge in [0.15, 0.2) is 6.61 Å². The normalized spacial score (nSPS) is 14.0. The van der Waals surface area contributed by atoms with Crippen molar-refractivity contribution in [1.29, 1.82) is 0 Å². The molecule has 2 heterocycles. The SMILES string of the molecule is COc1cccc(CN2CCN(C(=O)COc3ccc4ccc(=O)oc4c3)CC2=O)c1. The van der Waals surface area contributed by atoms with E-state index in [0.29, 0.717) is 31.0 Å². The predicted molar refractivity (Wildman–Crippen MR) is 113 cm³/mol. The number of ether oxygens (including phenoxy) is 2. The number of rotatable bonds is 6. The fourth-order valence-corrected chi connectivity index (χ4v) is 3.45. The summed E-state index contributed by atoms with van der Waals surface area (Å²) in [4.78, 5) is 39.6. The van der Waals surface area contributed by atoms with Gasteiger partial charge in [0, 0.05) is 37.2 Å². The summed E-state index contributed by atoms with van der Waals surface area (Å²) in [5, 5.41) is 0.760. The zero-order chi connectivity index (χ0) is 21.8. The average Bonchev–Trinajstić information content (AvgIpc) is 2.78. The first-order valence-corrected chi connectivity index (χ1v) is 9.87. The highest BCUT2D eigenvalue weighted by Crippen LogP contribution is 2.20. The van der Waals surface area contributed by atoms with Crippen molar-refractivity contribution in [2.24, 2.45) is 0 Å². The number of amides is 2. The van der Waals surface area contributed by atoms with Crippen LogP contribution >= 0.6 is 0 Å². The summed E-state index contributed by atoms with van der Waals surface area (Å²) in [5.41, 5.74) is 0.906. The van der Waals surface area contributed by atoms with Crippen LogP contribution in [0.25, 0.3) is 11.0 Å². The van der Waals surface area contributed by atoms with Gasteiger partial charge in [-0.3, -0.25) is 9.59 Å². The van der Waals surface area contributed by atoms with E-state index in [1.54, 1.807) is 36.3 Å². The third kappa shape index (κ3) is 4.85. The van der Waals surface area contributed by atoms with Crippen molar-refractivity contribution in [2.45, 2.75) is 6.54 Å². The molecule has 0 bridgehead atoms. The van der Waals surface area contributed by atoms with Crippen LogP contribution in [0.2, 0.25) is 0 Å². The van der Waals surface area contributed by atoms with E-state index in [-0.39, 0.29) is 25.0 Å². The Morgan fingerprint density at radius 2 is 1.87 bits per heavy atom. The van der Waals surface area contributed by atoms with Crippen molar-refractivity contribution in [2.75, 3.05) is 33.4 Å². The van der Waals surface area contributed by atoms with Gasteiger partial charge in [-0.1, -0.05) is 12.1 Å². The third-order valence-electron chi connectivity index (χ3n) is 5.14. The van der Waals surface area contributed by atoms with Gasteiger partial charge in [0.25, 0.3) is 5.91 Å². The quantitative estimate of drug-likeness (QED) is 0.565. The number of nitrogens with zero attached hydrogens (tertiary/aromatic N) is 2. The van der Waals surface area contributed by atoms with Crippen molar-refractivity contribution in [1.82, 2.24) is 9.80 Å². The van der Waals surface area contributed by atoms with Crippen LogP contribution in [0.4, 0.5) is 0 Å². The van der Waals surface area contributed by atoms with Crippen LogP contribution in [0.1, 0.15) is 5.56 Å². The fourth-order valence-electron chi connectivity index (χ4n) is 3.45. The van der Waals surface area contributed by atoms with Crippen molar-refractivity contribution >= 4 is 22.8 Å². The molecule has 0 aliphatic carbocycles. The van der Waals surface area contributed by atoms with Gasteiger partial charge >= 0.3 is 5.63 Å². The average molecular weight is 422 g/mol. The highest BCUT2D eigenvalue weighted by atomic mass is 16.5. The Morgan fingerprint density at radius 3 is 2.68 bits per heavy atom. The first kappa shape index (κ1) is 20.5. The van der Waals surface area contributed by atoms with E-state index in [9.17, 15) is 14.4 Å². The molecule has 8 heteroatoms. The van der Waals surface area contributed by atoms with Crippen LogP contribution in [-0.4, -0.2) is 55.0 Å². The highest BCUT2D eigenvalue weighted by molar-refractivity contribution is 5.86. The molecular formula is C23H22N2O6. The molecule has 2 amide bonds. The van der Waals surface area contributed by atoms with E-state index in [2.05, 4.69) is 0 Å². The van der Waals surface area contributed by atoms with E-state index in [1.807, 2.05) is 24.3 Å². The molecule has 1 fully saturated rings. The third-order valence-corrected chi connectivity index (χ3v) is 5.14. The molecule has 4 rings (SSSR count). The smallest absolute Gasteiger partial charge is 0.336 e. The Balaban J connectivity index is 1.32. The molecular weight excluding hydrogens is 400 g/mol. The van der Waals surface area contributed by atoms with Crippen LogP contribution in [0, 0.1) is 0 Å². The summed E-state index contributed by atoms with van der Waals surface area (Å²) in [6.45, 7) is 1.16. The number of carbonyl (C=O) groups is 2. The van der Waals surface area contributed by atoms with Gasteiger partial charge in [0.05, 0.1) is 13.7 Å². The fraction of sp³-hybridized carbons (Fsp3) is 0.261. The van der Waals surface area contributed by atoms with Crippen molar-refractivity contribution in [3.8, 4) is 11.5 Å². The second-order valence-corrected chi connectivity index (χ2v) is 7.22. The molecule has 1 aliphatic rings. The van der Waals surface area contributed by atoms with Gasteiger partial charge in [0.1, 0.15) is 17.1 Å². The molecule has 1 saturated heterocycles.